The molecule has 2 N–H and O–H groups in total. The number of hydrogen-bond acceptors (Lipinski definition) is 8. The fourth-order valence-corrected chi connectivity index (χ4v) is 3.41. The first-order valence-corrected chi connectivity index (χ1v) is 9.65. The van der Waals surface area contributed by atoms with Gasteiger partial charge in [-0.05, 0) is 38.0 Å². The Morgan fingerprint density at radius 1 is 1.15 bits per heavy atom. The number of benzene rings is 1. The number of rotatable bonds is 4. The van der Waals surface area contributed by atoms with E-state index in [9.17, 15) is 0 Å². The van der Waals surface area contributed by atoms with Crippen molar-refractivity contribution in [2.45, 2.75) is 20.3 Å². The Balaban J connectivity index is 1.51. The molecule has 4 rings (SSSR count). The van der Waals surface area contributed by atoms with Gasteiger partial charge in [-0.1, -0.05) is 17.7 Å². The highest BCUT2D eigenvalue weighted by atomic mass is 32.1. The molecule has 0 radical (unpaired) electrons. The number of aryl methyl sites for hydroxylation is 2. The molecule has 0 saturated carbocycles. The van der Waals surface area contributed by atoms with Gasteiger partial charge in [-0.3, -0.25) is 4.99 Å². The van der Waals surface area contributed by atoms with Crippen LogP contribution >= 0.6 is 11.3 Å². The minimum Gasteiger partial charge on any atom is -0.424 e. The minimum atomic E-state index is 0.306. The molecule has 7 nitrogen and oxygen atoms in total. The standard InChI is InChI=1S/C19H20N6OS/c1-12-4-5-16(13(2)10-12)26-18-22-9-6-14(23-18)15-11-27-19(24-15)25-17-20-7-3-8-21-17/h4-6,9-11H,3,7-8H2,1-2H3,(H2,20,21,24,25). The zero-order chi connectivity index (χ0) is 18.6. The van der Waals surface area contributed by atoms with Gasteiger partial charge in [0, 0.05) is 24.7 Å². The molecule has 0 unspecified atom stereocenters. The Kier molecular flexibility index (Phi) is 4.97. The van der Waals surface area contributed by atoms with E-state index in [-0.39, 0.29) is 0 Å². The highest BCUT2D eigenvalue weighted by Gasteiger charge is 2.11. The topological polar surface area (TPSA) is 84.3 Å². The summed E-state index contributed by atoms with van der Waals surface area (Å²) in [5.74, 6) is 1.52. The lowest BCUT2D eigenvalue weighted by Gasteiger charge is -2.14. The Hall–Kier alpha value is -3.00. The fraction of sp³-hybridized carbons (Fsp3) is 0.263. The summed E-state index contributed by atoms with van der Waals surface area (Å²) in [6, 6.07) is 8.14. The van der Waals surface area contributed by atoms with Crippen molar-refractivity contribution in [2.75, 3.05) is 18.4 Å². The number of nitrogens with one attached hydrogen (secondary N) is 2. The third kappa shape index (κ3) is 4.22. The van der Waals surface area contributed by atoms with Crippen molar-refractivity contribution < 1.29 is 4.74 Å². The SMILES string of the molecule is Cc1ccc(Oc2nccc(-c3csc(NC4=NCCCN4)n3)n2)c(C)c1. The quantitative estimate of drug-likeness (QED) is 0.717. The van der Waals surface area contributed by atoms with Crippen molar-refractivity contribution in [1.29, 1.82) is 0 Å². The minimum absolute atomic E-state index is 0.306. The van der Waals surface area contributed by atoms with Crippen molar-refractivity contribution in [3.63, 3.8) is 0 Å². The van der Waals surface area contributed by atoms with Crippen LogP contribution < -0.4 is 15.4 Å². The third-order valence-electron chi connectivity index (χ3n) is 4.05. The number of thiazole rings is 1. The lowest BCUT2D eigenvalue weighted by Crippen LogP contribution is -2.35. The van der Waals surface area contributed by atoms with Gasteiger partial charge in [0.1, 0.15) is 11.4 Å². The molecule has 1 aliphatic rings. The van der Waals surface area contributed by atoms with E-state index < -0.39 is 0 Å². The van der Waals surface area contributed by atoms with Crippen molar-refractivity contribution >= 4 is 22.4 Å². The van der Waals surface area contributed by atoms with Crippen LogP contribution in [0.4, 0.5) is 5.13 Å². The summed E-state index contributed by atoms with van der Waals surface area (Å²) in [6.07, 6.45) is 2.74. The van der Waals surface area contributed by atoms with Gasteiger partial charge >= 0.3 is 6.01 Å². The van der Waals surface area contributed by atoms with E-state index in [1.165, 1.54) is 16.9 Å². The van der Waals surface area contributed by atoms with E-state index in [1.54, 1.807) is 6.20 Å². The van der Waals surface area contributed by atoms with Gasteiger partial charge in [-0.15, -0.1) is 11.3 Å². The van der Waals surface area contributed by atoms with Gasteiger partial charge in [-0.25, -0.2) is 9.97 Å². The lowest BCUT2D eigenvalue weighted by molar-refractivity contribution is 0.439. The largest absolute Gasteiger partial charge is 0.424 e. The van der Waals surface area contributed by atoms with E-state index in [4.69, 9.17) is 4.74 Å². The predicted octanol–water partition coefficient (Wildman–Crippen LogP) is 3.77. The number of nitrogens with zero attached hydrogens (tertiary/aromatic N) is 4. The second kappa shape index (κ2) is 7.71. The molecule has 1 aromatic carbocycles. The second-order valence-corrected chi connectivity index (χ2v) is 7.13. The van der Waals surface area contributed by atoms with Crippen LogP contribution in [0.25, 0.3) is 11.4 Å². The maximum atomic E-state index is 5.86. The van der Waals surface area contributed by atoms with Crippen LogP contribution in [-0.4, -0.2) is 34.0 Å². The molecule has 0 amide bonds. The number of guanidine groups is 1. The molecule has 0 atom stereocenters. The maximum absolute atomic E-state index is 5.86. The Morgan fingerprint density at radius 3 is 2.89 bits per heavy atom. The van der Waals surface area contributed by atoms with E-state index >= 15 is 0 Å². The van der Waals surface area contributed by atoms with Crippen LogP contribution in [0.5, 0.6) is 11.8 Å². The molecule has 138 valence electrons. The molecule has 0 aliphatic carbocycles. The number of anilines is 1. The Morgan fingerprint density at radius 2 is 2.07 bits per heavy atom. The smallest absolute Gasteiger partial charge is 0.322 e. The first kappa shape index (κ1) is 17.4. The second-order valence-electron chi connectivity index (χ2n) is 6.27. The highest BCUT2D eigenvalue weighted by Crippen LogP contribution is 2.27. The summed E-state index contributed by atoms with van der Waals surface area (Å²) in [5.41, 5.74) is 3.72. The number of hydrogen-bond donors (Lipinski definition) is 2. The third-order valence-corrected chi connectivity index (χ3v) is 4.81. The monoisotopic (exact) mass is 380 g/mol. The Labute approximate surface area is 161 Å². The van der Waals surface area contributed by atoms with Crippen molar-refractivity contribution in [1.82, 2.24) is 20.3 Å². The number of ether oxygens (including phenoxy) is 1. The first-order valence-electron chi connectivity index (χ1n) is 8.77. The van der Waals surface area contributed by atoms with Crippen molar-refractivity contribution in [3.05, 3.63) is 47.0 Å². The molecule has 3 heterocycles. The zero-order valence-corrected chi connectivity index (χ0v) is 16.0. The van der Waals surface area contributed by atoms with E-state index in [1.807, 2.05) is 30.5 Å². The van der Waals surface area contributed by atoms with Crippen molar-refractivity contribution in [3.8, 4) is 23.1 Å². The predicted molar refractivity (Wildman–Crippen MR) is 108 cm³/mol. The van der Waals surface area contributed by atoms with Gasteiger partial charge in [0.05, 0.1) is 5.69 Å². The van der Waals surface area contributed by atoms with Crippen LogP contribution in [0.2, 0.25) is 0 Å². The van der Waals surface area contributed by atoms with Gasteiger partial charge in [-0.2, -0.15) is 4.98 Å². The molecule has 8 heteroatoms. The van der Waals surface area contributed by atoms with Crippen LogP contribution in [0.3, 0.4) is 0 Å². The molecule has 3 aromatic rings. The molecule has 2 aromatic heterocycles. The maximum Gasteiger partial charge on any atom is 0.322 e. The first-order chi connectivity index (χ1) is 13.2. The molecule has 0 spiro atoms. The number of aliphatic imine (C=N–C) groups is 1. The van der Waals surface area contributed by atoms with Crippen LogP contribution in [0, 0.1) is 13.8 Å². The normalized spacial score (nSPS) is 13.6. The molecule has 0 saturated heterocycles. The fourth-order valence-electron chi connectivity index (χ4n) is 2.71. The number of aromatic nitrogens is 3. The van der Waals surface area contributed by atoms with Crippen LogP contribution in [-0.2, 0) is 0 Å². The van der Waals surface area contributed by atoms with E-state index in [0.717, 1.165) is 47.6 Å². The lowest BCUT2D eigenvalue weighted by atomic mass is 10.1. The van der Waals surface area contributed by atoms with Crippen LogP contribution in [0.1, 0.15) is 17.5 Å². The molecular weight excluding hydrogens is 360 g/mol. The zero-order valence-electron chi connectivity index (χ0n) is 15.2. The van der Waals surface area contributed by atoms with E-state index in [2.05, 4.69) is 43.6 Å². The summed E-state index contributed by atoms with van der Waals surface area (Å²) < 4.78 is 5.86. The summed E-state index contributed by atoms with van der Waals surface area (Å²) in [6.45, 7) is 5.82. The van der Waals surface area contributed by atoms with E-state index in [0.29, 0.717) is 11.7 Å². The average molecular weight is 380 g/mol. The molecule has 1 aliphatic heterocycles. The van der Waals surface area contributed by atoms with Gasteiger partial charge < -0.3 is 15.4 Å². The molecule has 0 bridgehead atoms. The summed E-state index contributed by atoms with van der Waals surface area (Å²) in [7, 11) is 0. The Bertz CT molecular complexity index is 984. The molecule has 27 heavy (non-hydrogen) atoms. The summed E-state index contributed by atoms with van der Waals surface area (Å²) in [4.78, 5) is 17.7. The average Bonchev–Trinajstić information content (AvgIpc) is 3.14. The highest BCUT2D eigenvalue weighted by molar-refractivity contribution is 7.14. The van der Waals surface area contributed by atoms with Gasteiger partial charge in [0.2, 0.25) is 0 Å². The summed E-state index contributed by atoms with van der Waals surface area (Å²) in [5, 5.41) is 9.16. The van der Waals surface area contributed by atoms with Gasteiger partial charge in [0.25, 0.3) is 0 Å². The summed E-state index contributed by atoms with van der Waals surface area (Å²) >= 11 is 1.51. The molecular formula is C19H20N6OS. The van der Waals surface area contributed by atoms with Crippen LogP contribution in [0.15, 0.2) is 40.8 Å². The van der Waals surface area contributed by atoms with Gasteiger partial charge in [0.15, 0.2) is 11.1 Å². The van der Waals surface area contributed by atoms with Crippen molar-refractivity contribution in [2.24, 2.45) is 4.99 Å². The molecule has 0 fully saturated rings.